The first-order valence-electron chi connectivity index (χ1n) is 7.46. The fraction of sp³-hybridized carbons (Fsp3) is 0.647. The molecule has 0 aromatic heterocycles. The number of benzene rings is 1. The van der Waals surface area contributed by atoms with Crippen LogP contribution in [0.1, 0.15) is 49.8 Å². The molecule has 0 saturated heterocycles. The number of halogens is 1. The van der Waals surface area contributed by atoms with Crippen LogP contribution in [0, 0.1) is 31.5 Å². The van der Waals surface area contributed by atoms with Gasteiger partial charge in [0.1, 0.15) is 5.82 Å². The topological polar surface area (TPSA) is 12.0 Å². The number of aryl methyl sites for hydroxylation is 2. The Balaban J connectivity index is 1.95. The third kappa shape index (κ3) is 3.56. The van der Waals surface area contributed by atoms with Gasteiger partial charge in [-0.2, -0.15) is 0 Å². The molecule has 0 bridgehead atoms. The van der Waals surface area contributed by atoms with Crippen LogP contribution in [0.15, 0.2) is 12.1 Å². The number of hydrogen-bond acceptors (Lipinski definition) is 1. The summed E-state index contributed by atoms with van der Waals surface area (Å²) in [7, 11) is 0. The Kier molecular flexibility index (Phi) is 4.62. The van der Waals surface area contributed by atoms with Crippen LogP contribution in [0.4, 0.5) is 4.39 Å². The maximum atomic E-state index is 13.6. The smallest absolute Gasteiger partial charge is 0.129 e. The fourth-order valence-electron chi connectivity index (χ4n) is 3.36. The second kappa shape index (κ2) is 6.04. The lowest BCUT2D eigenvalue weighted by molar-refractivity contribution is 0.227. The first-order valence-corrected chi connectivity index (χ1v) is 7.46. The lowest BCUT2D eigenvalue weighted by Gasteiger charge is -2.33. The highest BCUT2D eigenvalue weighted by Crippen LogP contribution is 2.28. The van der Waals surface area contributed by atoms with E-state index in [0.29, 0.717) is 6.04 Å². The molecule has 2 rings (SSSR count). The second-order valence-corrected chi connectivity index (χ2v) is 6.43. The first kappa shape index (κ1) is 14.5. The maximum absolute atomic E-state index is 13.6. The van der Waals surface area contributed by atoms with Crippen LogP contribution in [0.5, 0.6) is 0 Å². The fourth-order valence-corrected chi connectivity index (χ4v) is 3.36. The molecule has 2 heteroatoms. The highest BCUT2D eigenvalue weighted by atomic mass is 19.1. The molecule has 1 aromatic rings. The van der Waals surface area contributed by atoms with Crippen LogP contribution in [0.3, 0.4) is 0 Å². The minimum Gasteiger partial charge on any atom is -0.310 e. The van der Waals surface area contributed by atoms with Gasteiger partial charge in [-0.25, -0.2) is 4.39 Å². The van der Waals surface area contributed by atoms with Crippen molar-refractivity contribution in [1.29, 1.82) is 0 Å². The zero-order valence-corrected chi connectivity index (χ0v) is 12.6. The van der Waals surface area contributed by atoms with Gasteiger partial charge in [0.2, 0.25) is 0 Å². The minimum atomic E-state index is -0.0661. The summed E-state index contributed by atoms with van der Waals surface area (Å²) in [6.45, 7) is 9.23. The van der Waals surface area contributed by atoms with Crippen molar-refractivity contribution in [3.05, 3.63) is 34.6 Å². The molecule has 106 valence electrons. The van der Waals surface area contributed by atoms with Gasteiger partial charge < -0.3 is 5.32 Å². The summed E-state index contributed by atoms with van der Waals surface area (Å²) in [5.74, 6) is 1.54. The van der Waals surface area contributed by atoms with Crippen molar-refractivity contribution in [3.63, 3.8) is 0 Å². The van der Waals surface area contributed by atoms with Crippen molar-refractivity contribution in [2.45, 2.75) is 59.5 Å². The van der Waals surface area contributed by atoms with Crippen molar-refractivity contribution < 1.29 is 4.39 Å². The highest BCUT2D eigenvalue weighted by molar-refractivity contribution is 5.30. The number of nitrogens with one attached hydrogen (secondary N) is 1. The summed E-state index contributed by atoms with van der Waals surface area (Å²) in [6, 6.07) is 4.54. The number of rotatable bonds is 3. The molecule has 1 N–H and O–H groups in total. The van der Waals surface area contributed by atoms with E-state index in [2.05, 4.69) is 19.2 Å². The van der Waals surface area contributed by atoms with Crippen molar-refractivity contribution in [2.24, 2.45) is 11.8 Å². The van der Waals surface area contributed by atoms with Gasteiger partial charge in [0.25, 0.3) is 0 Å². The molecule has 3 atom stereocenters. The molecule has 3 unspecified atom stereocenters. The van der Waals surface area contributed by atoms with Crippen LogP contribution in [-0.4, -0.2) is 6.04 Å². The molecule has 0 radical (unpaired) electrons. The molecule has 1 aromatic carbocycles. The summed E-state index contributed by atoms with van der Waals surface area (Å²) in [4.78, 5) is 0. The Bertz CT molecular complexity index is 418. The van der Waals surface area contributed by atoms with Gasteiger partial charge in [-0.05, 0) is 61.6 Å². The third-order valence-electron chi connectivity index (χ3n) is 4.50. The maximum Gasteiger partial charge on any atom is 0.129 e. The van der Waals surface area contributed by atoms with Gasteiger partial charge >= 0.3 is 0 Å². The Morgan fingerprint density at radius 1 is 1.16 bits per heavy atom. The molecular weight excluding hydrogens is 237 g/mol. The standard InChI is InChI=1S/C17H26FN/c1-11-5-6-16(12(2)7-11)19-10-15-8-13(3)17(18)14(4)9-15/h8-9,11-12,16,19H,5-7,10H2,1-4H3. The van der Waals surface area contributed by atoms with Crippen molar-refractivity contribution in [2.75, 3.05) is 0 Å². The van der Waals surface area contributed by atoms with E-state index in [-0.39, 0.29) is 5.82 Å². The Morgan fingerprint density at radius 2 is 1.79 bits per heavy atom. The summed E-state index contributed by atoms with van der Waals surface area (Å²) in [5.41, 5.74) is 2.70. The summed E-state index contributed by atoms with van der Waals surface area (Å²) in [5, 5.41) is 3.66. The largest absolute Gasteiger partial charge is 0.310 e. The first-order chi connectivity index (χ1) is 8.97. The lowest BCUT2D eigenvalue weighted by Crippen LogP contribution is -2.38. The summed E-state index contributed by atoms with van der Waals surface area (Å²) in [6.07, 6.45) is 3.91. The molecule has 1 nitrogen and oxygen atoms in total. The van der Waals surface area contributed by atoms with Gasteiger partial charge in [0.05, 0.1) is 0 Å². The highest BCUT2D eigenvalue weighted by Gasteiger charge is 2.24. The van der Waals surface area contributed by atoms with Gasteiger partial charge in [-0.15, -0.1) is 0 Å². The number of hydrogen-bond donors (Lipinski definition) is 1. The zero-order chi connectivity index (χ0) is 14.0. The van der Waals surface area contributed by atoms with E-state index in [9.17, 15) is 4.39 Å². The molecule has 0 aliphatic heterocycles. The Labute approximate surface area is 116 Å². The second-order valence-electron chi connectivity index (χ2n) is 6.43. The van der Waals surface area contributed by atoms with Crippen LogP contribution in [0.25, 0.3) is 0 Å². The van der Waals surface area contributed by atoms with E-state index < -0.39 is 0 Å². The van der Waals surface area contributed by atoms with E-state index in [0.717, 1.165) is 29.5 Å². The SMILES string of the molecule is Cc1cc(CNC2CCC(C)CC2C)cc(C)c1F. The van der Waals surface area contributed by atoms with Gasteiger partial charge in [-0.1, -0.05) is 26.0 Å². The van der Waals surface area contributed by atoms with Gasteiger partial charge in [0, 0.05) is 12.6 Å². The molecule has 1 fully saturated rings. The Hall–Kier alpha value is -0.890. The van der Waals surface area contributed by atoms with Crippen molar-refractivity contribution in [1.82, 2.24) is 5.32 Å². The molecule has 0 amide bonds. The predicted molar refractivity (Wildman–Crippen MR) is 78.7 cm³/mol. The van der Waals surface area contributed by atoms with Gasteiger partial charge in [0.15, 0.2) is 0 Å². The van der Waals surface area contributed by atoms with E-state index in [1.807, 2.05) is 26.0 Å². The third-order valence-corrected chi connectivity index (χ3v) is 4.50. The molecule has 1 aliphatic carbocycles. The quantitative estimate of drug-likeness (QED) is 0.854. The average Bonchev–Trinajstić information content (AvgIpc) is 2.34. The molecule has 0 heterocycles. The van der Waals surface area contributed by atoms with Crippen LogP contribution in [0.2, 0.25) is 0 Å². The van der Waals surface area contributed by atoms with Gasteiger partial charge in [-0.3, -0.25) is 0 Å². The van der Waals surface area contributed by atoms with E-state index in [1.165, 1.54) is 24.8 Å². The molecule has 1 aliphatic rings. The van der Waals surface area contributed by atoms with Crippen LogP contribution in [-0.2, 0) is 6.54 Å². The molecule has 1 saturated carbocycles. The Morgan fingerprint density at radius 3 is 2.37 bits per heavy atom. The lowest BCUT2D eigenvalue weighted by atomic mass is 9.80. The minimum absolute atomic E-state index is 0.0661. The predicted octanol–water partition coefficient (Wildman–Crippen LogP) is 4.36. The van der Waals surface area contributed by atoms with E-state index >= 15 is 0 Å². The van der Waals surface area contributed by atoms with Crippen molar-refractivity contribution in [3.8, 4) is 0 Å². The zero-order valence-electron chi connectivity index (χ0n) is 12.6. The monoisotopic (exact) mass is 263 g/mol. The van der Waals surface area contributed by atoms with Crippen LogP contribution >= 0.6 is 0 Å². The normalized spacial score (nSPS) is 27.5. The molecular formula is C17H26FN. The molecule has 0 spiro atoms. The average molecular weight is 263 g/mol. The van der Waals surface area contributed by atoms with E-state index in [1.54, 1.807) is 0 Å². The van der Waals surface area contributed by atoms with E-state index in [4.69, 9.17) is 0 Å². The van der Waals surface area contributed by atoms with Crippen molar-refractivity contribution >= 4 is 0 Å². The van der Waals surface area contributed by atoms with Crippen LogP contribution < -0.4 is 5.32 Å². The molecule has 19 heavy (non-hydrogen) atoms. The summed E-state index contributed by atoms with van der Waals surface area (Å²) < 4.78 is 13.6. The summed E-state index contributed by atoms with van der Waals surface area (Å²) >= 11 is 0.